The fraction of sp³-hybridized carbons (Fsp3) is 0.0526. The second kappa shape index (κ2) is 6.63. The van der Waals surface area contributed by atoms with Gasteiger partial charge in [0.05, 0.1) is 17.3 Å². The number of hydrogen-bond donors (Lipinski definition) is 0. The first-order valence-corrected chi connectivity index (χ1v) is 7.17. The number of nitrogens with zero attached hydrogens (tertiary/aromatic N) is 2. The fourth-order valence-electron chi connectivity index (χ4n) is 2.30. The van der Waals surface area contributed by atoms with E-state index in [-0.39, 0.29) is 12.2 Å². The van der Waals surface area contributed by atoms with Gasteiger partial charge in [-0.2, -0.15) is 5.26 Å². The highest BCUT2D eigenvalue weighted by atomic mass is 16.5. The van der Waals surface area contributed by atoms with Crippen molar-refractivity contribution in [1.82, 2.24) is 4.57 Å². The average molecular weight is 302 g/mol. The minimum atomic E-state index is -0.153. The molecule has 0 amide bonds. The molecule has 4 nitrogen and oxygen atoms in total. The van der Waals surface area contributed by atoms with Crippen LogP contribution >= 0.6 is 0 Å². The summed E-state index contributed by atoms with van der Waals surface area (Å²) in [6.07, 6.45) is 0. The summed E-state index contributed by atoms with van der Waals surface area (Å²) in [6.45, 7) is 0.284. The molecule has 0 saturated heterocycles. The monoisotopic (exact) mass is 302 g/mol. The molecule has 0 aliphatic rings. The van der Waals surface area contributed by atoms with Gasteiger partial charge in [-0.1, -0.05) is 36.4 Å². The van der Waals surface area contributed by atoms with E-state index in [0.29, 0.717) is 11.4 Å². The maximum atomic E-state index is 12.2. The predicted molar refractivity (Wildman–Crippen MR) is 87.5 cm³/mol. The molecule has 0 bridgehead atoms. The number of aromatic nitrogens is 1. The first kappa shape index (κ1) is 14.6. The van der Waals surface area contributed by atoms with Crippen LogP contribution in [0.5, 0.6) is 5.88 Å². The molecule has 3 rings (SSSR count). The molecule has 2 aromatic carbocycles. The maximum Gasteiger partial charge on any atom is 0.257 e. The van der Waals surface area contributed by atoms with Crippen molar-refractivity contribution >= 4 is 0 Å². The molecule has 0 radical (unpaired) electrons. The Hall–Kier alpha value is -3.32. The van der Waals surface area contributed by atoms with Gasteiger partial charge >= 0.3 is 0 Å². The Kier molecular flexibility index (Phi) is 4.21. The van der Waals surface area contributed by atoms with Gasteiger partial charge in [-0.25, -0.2) is 4.57 Å². The van der Waals surface area contributed by atoms with Crippen LogP contribution in [0.2, 0.25) is 0 Å². The zero-order valence-corrected chi connectivity index (χ0v) is 12.3. The molecule has 112 valence electrons. The highest BCUT2D eigenvalue weighted by Gasteiger charge is 2.07. The number of nitriles is 1. The lowest BCUT2D eigenvalue weighted by Gasteiger charge is -2.13. The summed E-state index contributed by atoms with van der Waals surface area (Å²) < 4.78 is 7.33. The van der Waals surface area contributed by atoms with Gasteiger partial charge in [0, 0.05) is 6.07 Å². The lowest BCUT2D eigenvalue weighted by atomic mass is 10.1. The molecule has 0 spiro atoms. The van der Waals surface area contributed by atoms with Crippen LogP contribution in [0.4, 0.5) is 0 Å². The average Bonchev–Trinajstić information content (AvgIpc) is 2.61. The summed E-state index contributed by atoms with van der Waals surface area (Å²) >= 11 is 0. The van der Waals surface area contributed by atoms with Crippen LogP contribution in [0.1, 0.15) is 11.1 Å². The minimum absolute atomic E-state index is 0.153. The predicted octanol–water partition coefficient (Wildman–Crippen LogP) is 3.29. The van der Waals surface area contributed by atoms with E-state index in [4.69, 9.17) is 10.00 Å². The van der Waals surface area contributed by atoms with Gasteiger partial charge in [-0.15, -0.1) is 0 Å². The standard InChI is InChI=1S/C19H14N2O2/c20-13-15-6-4-7-16(12-15)14-23-19-11-5-10-18(22)21(19)17-8-2-1-3-9-17/h1-12H,14H2. The number of para-hydroxylation sites is 1. The Bertz CT molecular complexity index is 908. The summed E-state index contributed by atoms with van der Waals surface area (Å²) in [4.78, 5) is 12.2. The van der Waals surface area contributed by atoms with Crippen molar-refractivity contribution < 1.29 is 4.74 Å². The molecule has 0 saturated carbocycles. The van der Waals surface area contributed by atoms with Crippen molar-refractivity contribution in [2.24, 2.45) is 0 Å². The molecule has 23 heavy (non-hydrogen) atoms. The van der Waals surface area contributed by atoms with Crippen LogP contribution in [0.15, 0.2) is 77.6 Å². The van der Waals surface area contributed by atoms with Crippen molar-refractivity contribution in [3.8, 4) is 17.6 Å². The summed E-state index contributed by atoms with van der Waals surface area (Å²) in [7, 11) is 0. The van der Waals surface area contributed by atoms with Gasteiger partial charge in [-0.05, 0) is 35.9 Å². The smallest absolute Gasteiger partial charge is 0.257 e. The van der Waals surface area contributed by atoms with Crippen LogP contribution in [0.3, 0.4) is 0 Å². The molecular formula is C19H14N2O2. The van der Waals surface area contributed by atoms with E-state index < -0.39 is 0 Å². The van der Waals surface area contributed by atoms with Gasteiger partial charge in [0.15, 0.2) is 0 Å². The second-order valence-electron chi connectivity index (χ2n) is 4.97. The molecule has 0 N–H and O–H groups in total. The quantitative estimate of drug-likeness (QED) is 0.743. The Morgan fingerprint density at radius 3 is 2.52 bits per heavy atom. The van der Waals surface area contributed by atoms with Crippen LogP contribution in [-0.2, 0) is 6.61 Å². The zero-order valence-electron chi connectivity index (χ0n) is 12.3. The number of hydrogen-bond acceptors (Lipinski definition) is 3. The second-order valence-corrected chi connectivity index (χ2v) is 4.97. The summed E-state index contributed by atoms with van der Waals surface area (Å²) in [6, 6.07) is 23.6. The zero-order chi connectivity index (χ0) is 16.1. The number of ether oxygens (including phenoxy) is 1. The molecule has 1 heterocycles. The molecule has 1 aromatic heterocycles. The lowest BCUT2D eigenvalue weighted by molar-refractivity contribution is 0.285. The van der Waals surface area contributed by atoms with E-state index in [2.05, 4.69) is 6.07 Å². The van der Waals surface area contributed by atoms with Crippen LogP contribution in [-0.4, -0.2) is 4.57 Å². The largest absolute Gasteiger partial charge is 0.474 e. The summed E-state index contributed by atoms with van der Waals surface area (Å²) in [5.41, 5.74) is 2.05. The molecule has 3 aromatic rings. The fourth-order valence-corrected chi connectivity index (χ4v) is 2.30. The van der Waals surface area contributed by atoms with Crippen molar-refractivity contribution in [2.45, 2.75) is 6.61 Å². The van der Waals surface area contributed by atoms with Crippen molar-refractivity contribution in [3.05, 3.63) is 94.3 Å². The Morgan fingerprint density at radius 1 is 0.957 bits per heavy atom. The molecule has 0 atom stereocenters. The highest BCUT2D eigenvalue weighted by molar-refractivity contribution is 5.37. The molecule has 0 unspecified atom stereocenters. The van der Waals surface area contributed by atoms with Gasteiger partial charge in [0.25, 0.3) is 5.56 Å². The van der Waals surface area contributed by atoms with Crippen molar-refractivity contribution in [2.75, 3.05) is 0 Å². The lowest BCUT2D eigenvalue weighted by Crippen LogP contribution is -2.19. The first-order valence-electron chi connectivity index (χ1n) is 7.17. The normalized spacial score (nSPS) is 10.0. The number of benzene rings is 2. The van der Waals surface area contributed by atoms with Gasteiger partial charge in [-0.3, -0.25) is 4.79 Å². The van der Waals surface area contributed by atoms with Crippen molar-refractivity contribution in [3.63, 3.8) is 0 Å². The van der Waals surface area contributed by atoms with E-state index in [1.807, 2.05) is 42.5 Å². The van der Waals surface area contributed by atoms with E-state index in [9.17, 15) is 4.79 Å². The molecule has 0 fully saturated rings. The highest BCUT2D eigenvalue weighted by Crippen LogP contribution is 2.16. The van der Waals surface area contributed by atoms with Crippen molar-refractivity contribution in [1.29, 1.82) is 5.26 Å². The SMILES string of the molecule is N#Cc1cccc(COc2cccc(=O)n2-c2ccccc2)c1. The molecule has 4 heteroatoms. The Labute approximate surface area is 133 Å². The van der Waals surface area contributed by atoms with E-state index in [1.54, 1.807) is 24.3 Å². The van der Waals surface area contributed by atoms with Crippen LogP contribution < -0.4 is 10.3 Å². The first-order chi connectivity index (χ1) is 11.3. The van der Waals surface area contributed by atoms with E-state index in [1.165, 1.54) is 10.6 Å². The third-order valence-electron chi connectivity index (χ3n) is 3.38. The number of rotatable bonds is 4. The van der Waals surface area contributed by atoms with E-state index >= 15 is 0 Å². The Balaban J connectivity index is 1.91. The van der Waals surface area contributed by atoms with Crippen LogP contribution in [0, 0.1) is 11.3 Å². The summed E-state index contributed by atoms with van der Waals surface area (Å²) in [5.74, 6) is 0.464. The van der Waals surface area contributed by atoms with Gasteiger partial charge in [0.1, 0.15) is 6.61 Å². The van der Waals surface area contributed by atoms with Gasteiger partial charge < -0.3 is 4.74 Å². The topological polar surface area (TPSA) is 55.0 Å². The number of pyridine rings is 1. The Morgan fingerprint density at radius 2 is 1.74 bits per heavy atom. The third-order valence-corrected chi connectivity index (χ3v) is 3.38. The van der Waals surface area contributed by atoms with Gasteiger partial charge in [0.2, 0.25) is 5.88 Å². The molecule has 0 aliphatic carbocycles. The maximum absolute atomic E-state index is 12.2. The third kappa shape index (κ3) is 3.30. The summed E-state index contributed by atoms with van der Waals surface area (Å²) in [5, 5.41) is 8.94. The minimum Gasteiger partial charge on any atom is -0.474 e. The van der Waals surface area contributed by atoms with Crippen LogP contribution in [0.25, 0.3) is 5.69 Å². The molecule has 0 aliphatic heterocycles. The molecular weight excluding hydrogens is 288 g/mol. The van der Waals surface area contributed by atoms with E-state index in [0.717, 1.165) is 11.3 Å².